The maximum atomic E-state index is 9.97. The molecule has 2 heterocycles. The van der Waals surface area contributed by atoms with Crippen molar-refractivity contribution >= 4 is 16.9 Å². The van der Waals surface area contributed by atoms with Gasteiger partial charge in [-0.25, -0.2) is 0 Å². The third kappa shape index (κ3) is 2.26. The lowest BCUT2D eigenvalue weighted by Crippen LogP contribution is -2.54. The minimum Gasteiger partial charge on any atom is -0.388 e. The van der Waals surface area contributed by atoms with Crippen LogP contribution in [-0.4, -0.2) is 64.2 Å². The highest BCUT2D eigenvalue weighted by atomic mass is 32.2. The lowest BCUT2D eigenvalue weighted by molar-refractivity contribution is -0.150. The lowest BCUT2D eigenvalue weighted by Gasteiger charge is -2.37. The standard InChI is InChI=1S/C10H15N3O3S/c1-13(2)10-12-6-8(15)7(14)5(3-4-11)16-9(6)17-10/h5-9,14-15H,3H2,1-2H3. The van der Waals surface area contributed by atoms with Crippen molar-refractivity contribution in [2.75, 3.05) is 14.1 Å². The van der Waals surface area contributed by atoms with Crippen molar-refractivity contribution in [3.63, 3.8) is 0 Å². The molecule has 17 heavy (non-hydrogen) atoms. The first-order valence-corrected chi connectivity index (χ1v) is 6.23. The molecule has 0 aromatic rings. The Balaban J connectivity index is 2.13. The number of hydrogen-bond acceptors (Lipinski definition) is 7. The molecule has 1 saturated heterocycles. The Labute approximate surface area is 104 Å². The highest BCUT2D eigenvalue weighted by Crippen LogP contribution is 2.37. The molecular formula is C10H15N3O3S. The minimum absolute atomic E-state index is 0.0688. The molecule has 0 spiro atoms. The Morgan fingerprint density at radius 2 is 2.18 bits per heavy atom. The largest absolute Gasteiger partial charge is 0.388 e. The van der Waals surface area contributed by atoms with Crippen molar-refractivity contribution in [2.24, 2.45) is 4.99 Å². The Morgan fingerprint density at radius 1 is 1.47 bits per heavy atom. The number of thioether (sulfide) groups is 1. The molecule has 7 heteroatoms. The minimum atomic E-state index is -1.05. The monoisotopic (exact) mass is 257 g/mol. The van der Waals surface area contributed by atoms with Crippen LogP contribution in [0.3, 0.4) is 0 Å². The van der Waals surface area contributed by atoms with Gasteiger partial charge in [0.05, 0.1) is 12.5 Å². The summed E-state index contributed by atoms with van der Waals surface area (Å²) in [5, 5.41) is 29.2. The highest BCUT2D eigenvalue weighted by Gasteiger charge is 2.48. The molecule has 0 aliphatic carbocycles. The van der Waals surface area contributed by atoms with Crippen LogP contribution in [0.4, 0.5) is 0 Å². The summed E-state index contributed by atoms with van der Waals surface area (Å²) in [6, 6.07) is 1.49. The van der Waals surface area contributed by atoms with Crippen molar-refractivity contribution in [3.05, 3.63) is 0 Å². The SMILES string of the molecule is CN(C)C1=NC2C(OC(CC#N)C(O)C2O)S1. The van der Waals surface area contributed by atoms with E-state index in [0.29, 0.717) is 0 Å². The third-order valence-electron chi connectivity index (χ3n) is 2.82. The van der Waals surface area contributed by atoms with Crippen molar-refractivity contribution < 1.29 is 14.9 Å². The number of aliphatic imine (C=N–C) groups is 1. The van der Waals surface area contributed by atoms with E-state index in [4.69, 9.17) is 10.00 Å². The molecule has 0 aromatic heterocycles. The second-order valence-corrected chi connectivity index (χ2v) is 5.37. The van der Waals surface area contributed by atoms with E-state index < -0.39 is 24.4 Å². The van der Waals surface area contributed by atoms with Gasteiger partial charge in [-0.15, -0.1) is 0 Å². The number of aliphatic hydroxyl groups excluding tert-OH is 2. The predicted molar refractivity (Wildman–Crippen MR) is 63.4 cm³/mol. The summed E-state index contributed by atoms with van der Waals surface area (Å²) < 4.78 is 5.60. The second kappa shape index (κ2) is 4.82. The molecule has 0 radical (unpaired) electrons. The molecule has 0 saturated carbocycles. The molecule has 2 aliphatic rings. The van der Waals surface area contributed by atoms with Gasteiger partial charge in [-0.05, 0) is 0 Å². The molecule has 0 amide bonds. The van der Waals surface area contributed by atoms with Crippen LogP contribution in [0.25, 0.3) is 0 Å². The summed E-state index contributed by atoms with van der Waals surface area (Å²) in [6.45, 7) is 0. The van der Waals surface area contributed by atoms with Crippen LogP contribution in [0, 0.1) is 11.3 Å². The molecule has 5 atom stereocenters. The summed E-state index contributed by atoms with van der Waals surface area (Å²) in [7, 11) is 3.72. The van der Waals surface area contributed by atoms with E-state index in [1.165, 1.54) is 11.8 Å². The number of nitrogens with zero attached hydrogens (tertiary/aromatic N) is 3. The van der Waals surface area contributed by atoms with E-state index in [0.717, 1.165) is 5.17 Å². The number of amidine groups is 1. The zero-order valence-corrected chi connectivity index (χ0v) is 10.5. The quantitative estimate of drug-likeness (QED) is 0.651. The molecule has 0 aromatic carbocycles. The number of hydrogen-bond donors (Lipinski definition) is 2. The molecule has 0 bridgehead atoms. The Bertz CT molecular complexity index is 368. The Morgan fingerprint density at radius 3 is 2.76 bits per heavy atom. The second-order valence-electron chi connectivity index (χ2n) is 4.30. The van der Waals surface area contributed by atoms with Gasteiger partial charge in [0.1, 0.15) is 29.8 Å². The predicted octanol–water partition coefficient (Wildman–Crippen LogP) is -0.620. The Kier molecular flexibility index (Phi) is 3.58. The fraction of sp³-hybridized carbons (Fsp3) is 0.800. The summed E-state index contributed by atoms with van der Waals surface area (Å²) in [5.41, 5.74) is -0.316. The molecule has 6 nitrogen and oxygen atoms in total. The number of fused-ring (bicyclic) bond motifs is 1. The van der Waals surface area contributed by atoms with Crippen LogP contribution in [0.15, 0.2) is 4.99 Å². The zero-order valence-electron chi connectivity index (χ0n) is 9.65. The van der Waals surface area contributed by atoms with Crippen molar-refractivity contribution in [2.45, 2.75) is 36.2 Å². The van der Waals surface area contributed by atoms with Crippen molar-refractivity contribution in [1.29, 1.82) is 5.26 Å². The highest BCUT2D eigenvalue weighted by molar-refractivity contribution is 8.14. The number of rotatable bonds is 1. The van der Waals surface area contributed by atoms with Gasteiger partial charge in [-0.1, -0.05) is 11.8 Å². The van der Waals surface area contributed by atoms with Crippen LogP contribution in [0.1, 0.15) is 6.42 Å². The maximum Gasteiger partial charge on any atom is 0.161 e. The first kappa shape index (κ1) is 12.6. The normalized spacial score (nSPS) is 40.4. The van der Waals surface area contributed by atoms with Gasteiger partial charge in [-0.2, -0.15) is 5.26 Å². The molecule has 1 fully saturated rings. The average Bonchev–Trinajstić information content (AvgIpc) is 2.70. The molecular weight excluding hydrogens is 242 g/mol. The van der Waals surface area contributed by atoms with Crippen LogP contribution < -0.4 is 0 Å². The first-order valence-electron chi connectivity index (χ1n) is 5.35. The third-order valence-corrected chi connectivity index (χ3v) is 4.13. The van der Waals surface area contributed by atoms with Gasteiger partial charge in [0, 0.05) is 14.1 Å². The molecule has 94 valence electrons. The number of aliphatic hydroxyl groups is 2. The number of ether oxygens (including phenoxy) is 1. The summed E-state index contributed by atoms with van der Waals surface area (Å²) in [4.78, 5) is 6.16. The van der Waals surface area contributed by atoms with Crippen molar-refractivity contribution in [3.8, 4) is 6.07 Å². The summed E-state index contributed by atoms with van der Waals surface area (Å²) >= 11 is 1.41. The van der Waals surface area contributed by atoms with E-state index in [2.05, 4.69) is 4.99 Å². The fourth-order valence-electron chi connectivity index (χ4n) is 1.89. The van der Waals surface area contributed by atoms with E-state index in [1.807, 2.05) is 25.1 Å². The summed E-state index contributed by atoms with van der Waals surface area (Å²) in [5.74, 6) is 0. The van der Waals surface area contributed by atoms with Crippen molar-refractivity contribution in [1.82, 2.24) is 4.90 Å². The van der Waals surface area contributed by atoms with E-state index in [-0.39, 0.29) is 11.9 Å². The van der Waals surface area contributed by atoms with E-state index in [1.54, 1.807) is 0 Å². The van der Waals surface area contributed by atoms with E-state index >= 15 is 0 Å². The van der Waals surface area contributed by atoms with Gasteiger partial charge in [0.15, 0.2) is 5.17 Å². The van der Waals surface area contributed by atoms with Gasteiger partial charge >= 0.3 is 0 Å². The number of nitriles is 1. The van der Waals surface area contributed by atoms with Crippen LogP contribution in [-0.2, 0) is 4.74 Å². The first-order chi connectivity index (χ1) is 8.04. The topological polar surface area (TPSA) is 89.1 Å². The summed E-state index contributed by atoms with van der Waals surface area (Å²) in [6.07, 6.45) is -2.60. The molecule has 5 unspecified atom stereocenters. The maximum absolute atomic E-state index is 9.97. The fourth-order valence-corrected chi connectivity index (χ4v) is 3.05. The van der Waals surface area contributed by atoms with Gasteiger partial charge in [0.25, 0.3) is 0 Å². The van der Waals surface area contributed by atoms with Gasteiger partial charge in [-0.3, -0.25) is 4.99 Å². The molecule has 2 rings (SSSR count). The molecule has 2 N–H and O–H groups in total. The smallest absolute Gasteiger partial charge is 0.161 e. The van der Waals surface area contributed by atoms with E-state index in [9.17, 15) is 10.2 Å². The van der Waals surface area contributed by atoms with Gasteiger partial charge < -0.3 is 19.8 Å². The van der Waals surface area contributed by atoms with Crippen LogP contribution >= 0.6 is 11.8 Å². The lowest BCUT2D eigenvalue weighted by atomic mass is 9.97. The zero-order chi connectivity index (χ0) is 12.6. The average molecular weight is 257 g/mol. The van der Waals surface area contributed by atoms with Crippen LogP contribution in [0.5, 0.6) is 0 Å². The van der Waals surface area contributed by atoms with Gasteiger partial charge in [0.2, 0.25) is 0 Å². The molecule has 2 aliphatic heterocycles. The van der Waals surface area contributed by atoms with Crippen LogP contribution in [0.2, 0.25) is 0 Å². The Hall–Kier alpha value is -0.810.